The van der Waals surface area contributed by atoms with Crippen molar-refractivity contribution in [2.45, 2.75) is 38.3 Å². The molecule has 1 aliphatic rings. The van der Waals surface area contributed by atoms with E-state index >= 15 is 0 Å². The molecule has 0 saturated heterocycles. The molecule has 0 bridgehead atoms. The Bertz CT molecular complexity index is 556. The summed E-state index contributed by atoms with van der Waals surface area (Å²) >= 11 is 0. The molecule has 1 aliphatic carbocycles. The molecule has 98 valence electrons. The van der Waals surface area contributed by atoms with Gasteiger partial charge in [-0.25, -0.2) is 4.98 Å². The van der Waals surface area contributed by atoms with Crippen LogP contribution in [0.2, 0.25) is 0 Å². The van der Waals surface area contributed by atoms with Crippen molar-refractivity contribution in [3.63, 3.8) is 0 Å². The number of pyridine rings is 1. The lowest BCUT2D eigenvalue weighted by Gasteiger charge is -2.25. The minimum Gasteiger partial charge on any atom is -0.307 e. The number of fused-ring (bicyclic) bond motifs is 1. The highest BCUT2D eigenvalue weighted by atomic mass is 15.2. The maximum atomic E-state index is 9.00. The Morgan fingerprint density at radius 2 is 2.21 bits per heavy atom. The number of nitrogens with zero attached hydrogens (tertiary/aromatic N) is 4. The van der Waals surface area contributed by atoms with Crippen LogP contribution >= 0.6 is 0 Å². The van der Waals surface area contributed by atoms with E-state index in [4.69, 9.17) is 5.26 Å². The van der Waals surface area contributed by atoms with E-state index in [9.17, 15) is 0 Å². The molecule has 2 aromatic rings. The first kappa shape index (κ1) is 12.2. The predicted molar refractivity (Wildman–Crippen MR) is 73.5 cm³/mol. The summed E-state index contributed by atoms with van der Waals surface area (Å²) in [7, 11) is 0. The van der Waals surface area contributed by atoms with Crippen molar-refractivity contribution in [3.05, 3.63) is 36.3 Å². The van der Waals surface area contributed by atoms with Gasteiger partial charge in [0, 0.05) is 25.0 Å². The molecule has 4 heteroatoms. The molecular formula is C15H18N4. The van der Waals surface area contributed by atoms with Crippen LogP contribution in [0.4, 0.5) is 0 Å². The predicted octanol–water partition coefficient (Wildman–Crippen LogP) is 2.60. The number of hydrogen-bond donors (Lipinski definition) is 0. The molecule has 2 aromatic heterocycles. The molecule has 19 heavy (non-hydrogen) atoms. The zero-order chi connectivity index (χ0) is 13.1. The Hall–Kier alpha value is -1.86. The van der Waals surface area contributed by atoms with Gasteiger partial charge in [-0.05, 0) is 25.0 Å². The second-order valence-corrected chi connectivity index (χ2v) is 5.20. The minimum absolute atomic E-state index is 0.499. The standard InChI is InChI=1S/C15H18N4/c16-8-10-18(14-5-1-2-6-14)11-13-12-19-9-4-3-7-15(19)17-13/h3-4,7,9,12,14H,1-2,5-6,10-11H2. The average molecular weight is 254 g/mol. The van der Waals surface area contributed by atoms with Crippen LogP contribution < -0.4 is 0 Å². The van der Waals surface area contributed by atoms with E-state index in [-0.39, 0.29) is 0 Å². The maximum Gasteiger partial charge on any atom is 0.137 e. The summed E-state index contributed by atoms with van der Waals surface area (Å²) in [5, 5.41) is 9.00. The van der Waals surface area contributed by atoms with Crippen molar-refractivity contribution in [1.82, 2.24) is 14.3 Å². The van der Waals surface area contributed by atoms with Gasteiger partial charge in [0.25, 0.3) is 0 Å². The van der Waals surface area contributed by atoms with Crippen LogP contribution in [-0.4, -0.2) is 26.9 Å². The lowest BCUT2D eigenvalue weighted by Crippen LogP contribution is -2.33. The molecule has 0 N–H and O–H groups in total. The van der Waals surface area contributed by atoms with E-state index in [1.54, 1.807) is 0 Å². The number of aromatic nitrogens is 2. The summed E-state index contributed by atoms with van der Waals surface area (Å²) in [4.78, 5) is 6.89. The number of rotatable bonds is 4. The van der Waals surface area contributed by atoms with Gasteiger partial charge in [0.05, 0.1) is 18.3 Å². The molecule has 0 amide bonds. The van der Waals surface area contributed by atoms with Gasteiger partial charge in [-0.15, -0.1) is 0 Å². The average Bonchev–Trinajstić information content (AvgIpc) is 3.07. The first-order valence-corrected chi connectivity index (χ1v) is 6.90. The van der Waals surface area contributed by atoms with Gasteiger partial charge in [-0.2, -0.15) is 5.26 Å². The van der Waals surface area contributed by atoms with Crippen molar-refractivity contribution in [1.29, 1.82) is 5.26 Å². The van der Waals surface area contributed by atoms with E-state index in [1.165, 1.54) is 25.7 Å². The monoisotopic (exact) mass is 254 g/mol. The van der Waals surface area contributed by atoms with Crippen LogP contribution in [-0.2, 0) is 6.54 Å². The lowest BCUT2D eigenvalue weighted by atomic mass is 10.2. The second kappa shape index (κ2) is 5.41. The summed E-state index contributed by atoms with van der Waals surface area (Å²) in [6, 6.07) is 8.86. The molecule has 4 nitrogen and oxygen atoms in total. The van der Waals surface area contributed by atoms with Crippen LogP contribution in [0.1, 0.15) is 31.4 Å². The molecule has 0 unspecified atom stereocenters. The largest absolute Gasteiger partial charge is 0.307 e. The lowest BCUT2D eigenvalue weighted by molar-refractivity contribution is 0.212. The SMILES string of the molecule is N#CCN(Cc1cn2ccccc2n1)C1CCCC1. The first-order valence-electron chi connectivity index (χ1n) is 6.90. The molecule has 0 spiro atoms. The summed E-state index contributed by atoms with van der Waals surface area (Å²) in [6.45, 7) is 1.28. The third-order valence-electron chi connectivity index (χ3n) is 3.89. The quantitative estimate of drug-likeness (QED) is 0.788. The van der Waals surface area contributed by atoms with Crippen LogP contribution in [0, 0.1) is 11.3 Å². The topological polar surface area (TPSA) is 44.3 Å². The van der Waals surface area contributed by atoms with Crippen molar-refractivity contribution in [2.75, 3.05) is 6.54 Å². The molecule has 2 heterocycles. The summed E-state index contributed by atoms with van der Waals surface area (Å²) < 4.78 is 2.04. The van der Waals surface area contributed by atoms with Gasteiger partial charge in [-0.3, -0.25) is 4.90 Å². The van der Waals surface area contributed by atoms with Gasteiger partial charge in [-0.1, -0.05) is 18.9 Å². The van der Waals surface area contributed by atoms with Gasteiger partial charge >= 0.3 is 0 Å². The zero-order valence-corrected chi connectivity index (χ0v) is 11.0. The van der Waals surface area contributed by atoms with E-state index < -0.39 is 0 Å². The molecular weight excluding hydrogens is 236 g/mol. The van der Waals surface area contributed by atoms with Crippen LogP contribution in [0.25, 0.3) is 5.65 Å². The van der Waals surface area contributed by atoms with Crippen molar-refractivity contribution >= 4 is 5.65 Å². The van der Waals surface area contributed by atoms with E-state index in [2.05, 4.69) is 22.1 Å². The molecule has 0 radical (unpaired) electrons. The molecule has 0 aliphatic heterocycles. The smallest absolute Gasteiger partial charge is 0.137 e. The molecule has 0 atom stereocenters. The minimum atomic E-state index is 0.499. The highest BCUT2D eigenvalue weighted by molar-refractivity contribution is 5.39. The van der Waals surface area contributed by atoms with Crippen LogP contribution in [0.3, 0.4) is 0 Å². The highest BCUT2D eigenvalue weighted by Gasteiger charge is 2.23. The number of nitriles is 1. The van der Waals surface area contributed by atoms with E-state index in [0.29, 0.717) is 12.6 Å². The Kier molecular flexibility index (Phi) is 3.47. The number of imidazole rings is 1. The molecule has 0 aromatic carbocycles. The summed E-state index contributed by atoms with van der Waals surface area (Å²) in [5.74, 6) is 0. The Morgan fingerprint density at radius 3 is 2.95 bits per heavy atom. The first-order chi connectivity index (χ1) is 9.36. The Morgan fingerprint density at radius 1 is 1.37 bits per heavy atom. The summed E-state index contributed by atoms with van der Waals surface area (Å²) in [5.41, 5.74) is 2.02. The molecule has 3 rings (SSSR count). The van der Waals surface area contributed by atoms with Crippen LogP contribution in [0.15, 0.2) is 30.6 Å². The van der Waals surface area contributed by atoms with Crippen molar-refractivity contribution < 1.29 is 0 Å². The maximum absolute atomic E-state index is 9.00. The fourth-order valence-corrected chi connectivity index (χ4v) is 2.95. The van der Waals surface area contributed by atoms with Crippen molar-refractivity contribution in [3.8, 4) is 6.07 Å². The normalized spacial score (nSPS) is 16.2. The number of hydrogen-bond acceptors (Lipinski definition) is 3. The fourth-order valence-electron chi connectivity index (χ4n) is 2.95. The third kappa shape index (κ3) is 2.61. The van der Waals surface area contributed by atoms with Gasteiger partial charge in [0.1, 0.15) is 5.65 Å². The van der Waals surface area contributed by atoms with Gasteiger partial charge in [0.15, 0.2) is 0 Å². The third-order valence-corrected chi connectivity index (χ3v) is 3.89. The van der Waals surface area contributed by atoms with E-state index in [0.717, 1.165) is 17.9 Å². The molecule has 1 saturated carbocycles. The highest BCUT2D eigenvalue weighted by Crippen LogP contribution is 2.24. The zero-order valence-electron chi connectivity index (χ0n) is 11.0. The molecule has 1 fully saturated rings. The second-order valence-electron chi connectivity index (χ2n) is 5.20. The van der Waals surface area contributed by atoms with Crippen molar-refractivity contribution in [2.24, 2.45) is 0 Å². The van der Waals surface area contributed by atoms with Gasteiger partial charge in [0.2, 0.25) is 0 Å². The Balaban J connectivity index is 1.78. The fraction of sp³-hybridized carbons (Fsp3) is 0.467. The van der Waals surface area contributed by atoms with Crippen LogP contribution in [0.5, 0.6) is 0 Å². The van der Waals surface area contributed by atoms with E-state index in [1.807, 2.05) is 28.8 Å². The summed E-state index contributed by atoms with van der Waals surface area (Å²) in [6.07, 6.45) is 9.09. The Labute approximate surface area is 113 Å². The van der Waals surface area contributed by atoms with Gasteiger partial charge < -0.3 is 4.40 Å².